The average Bonchev–Trinajstić information content (AvgIpc) is 2.95. The summed E-state index contributed by atoms with van der Waals surface area (Å²) in [6, 6.07) is 5.55. The SMILES string of the molecule is CCCCC(=O)c1cccc(-c2cnn(C3=CC=C=CC=C3)c2)n1. The first-order valence-electron chi connectivity index (χ1n) is 8.13. The van der Waals surface area contributed by atoms with Crippen molar-refractivity contribution in [1.82, 2.24) is 14.8 Å². The van der Waals surface area contributed by atoms with Gasteiger partial charge in [0.15, 0.2) is 5.78 Å². The molecule has 0 bridgehead atoms. The minimum atomic E-state index is 0.0942. The number of hydrogen-bond donors (Lipinski definition) is 0. The standard InChI is InChI=1S/C20H19N3O/c1-2-3-13-20(24)19-12-8-11-18(22-19)16-14-21-23(15-16)17-9-6-4-5-7-10-17/h4,6-12,14-15H,2-3,13H2,1H3. The van der Waals surface area contributed by atoms with Gasteiger partial charge in [-0.2, -0.15) is 5.10 Å². The van der Waals surface area contributed by atoms with Crippen molar-refractivity contribution in [3.05, 3.63) is 72.4 Å². The predicted octanol–water partition coefficient (Wildman–Crippen LogP) is 4.44. The third-order valence-corrected chi connectivity index (χ3v) is 3.74. The number of nitrogens with zero attached hydrogens (tertiary/aromatic N) is 3. The lowest BCUT2D eigenvalue weighted by Gasteiger charge is -2.02. The summed E-state index contributed by atoms with van der Waals surface area (Å²) in [4.78, 5) is 16.7. The molecule has 3 rings (SSSR count). The number of carbonyl (C=O) groups excluding carboxylic acids is 1. The van der Waals surface area contributed by atoms with Crippen LogP contribution in [0.5, 0.6) is 0 Å². The lowest BCUT2D eigenvalue weighted by Crippen LogP contribution is -2.02. The molecular weight excluding hydrogens is 298 g/mol. The van der Waals surface area contributed by atoms with Gasteiger partial charge in [0, 0.05) is 18.2 Å². The van der Waals surface area contributed by atoms with E-state index in [4.69, 9.17) is 0 Å². The molecule has 4 heteroatoms. The van der Waals surface area contributed by atoms with Crippen LogP contribution in [0.2, 0.25) is 0 Å². The quantitative estimate of drug-likeness (QED) is 0.584. The maximum atomic E-state index is 12.2. The highest BCUT2D eigenvalue weighted by atomic mass is 16.1. The summed E-state index contributed by atoms with van der Waals surface area (Å²) in [5.41, 5.74) is 6.13. The average molecular weight is 317 g/mol. The Labute approximate surface area is 141 Å². The molecule has 2 aromatic rings. The molecule has 0 fully saturated rings. The molecule has 2 aromatic heterocycles. The second kappa shape index (κ2) is 7.53. The van der Waals surface area contributed by atoms with Gasteiger partial charge in [0.1, 0.15) is 5.69 Å². The number of ketones is 1. The van der Waals surface area contributed by atoms with E-state index in [-0.39, 0.29) is 5.78 Å². The highest BCUT2D eigenvalue weighted by Crippen LogP contribution is 2.19. The summed E-state index contributed by atoms with van der Waals surface area (Å²) < 4.78 is 1.79. The molecule has 0 atom stereocenters. The van der Waals surface area contributed by atoms with E-state index in [0.29, 0.717) is 12.1 Å². The predicted molar refractivity (Wildman–Crippen MR) is 95.4 cm³/mol. The Morgan fingerprint density at radius 3 is 3.08 bits per heavy atom. The Bertz CT molecular complexity index is 865. The third kappa shape index (κ3) is 3.67. The van der Waals surface area contributed by atoms with Crippen LogP contribution in [0.15, 0.2) is 66.7 Å². The lowest BCUT2D eigenvalue weighted by molar-refractivity contribution is 0.0975. The second-order valence-corrected chi connectivity index (χ2v) is 5.56. The highest BCUT2D eigenvalue weighted by Gasteiger charge is 2.10. The first-order valence-corrected chi connectivity index (χ1v) is 8.13. The van der Waals surface area contributed by atoms with Crippen LogP contribution in [0.25, 0.3) is 17.0 Å². The van der Waals surface area contributed by atoms with E-state index < -0.39 is 0 Å². The molecule has 0 saturated carbocycles. The maximum Gasteiger partial charge on any atom is 0.181 e. The zero-order valence-electron chi connectivity index (χ0n) is 13.6. The van der Waals surface area contributed by atoms with E-state index in [9.17, 15) is 4.79 Å². The number of carbonyl (C=O) groups is 1. The van der Waals surface area contributed by atoms with Gasteiger partial charge in [-0.1, -0.05) is 25.5 Å². The number of allylic oxidation sites excluding steroid dienone is 5. The zero-order chi connectivity index (χ0) is 16.8. The van der Waals surface area contributed by atoms with E-state index in [1.54, 1.807) is 16.9 Å². The molecule has 2 heterocycles. The number of rotatable bonds is 6. The summed E-state index contributed by atoms with van der Waals surface area (Å²) in [5, 5.41) is 4.39. The first kappa shape index (κ1) is 15.9. The number of hydrogen-bond acceptors (Lipinski definition) is 3. The van der Waals surface area contributed by atoms with E-state index in [1.807, 2.05) is 48.7 Å². The van der Waals surface area contributed by atoms with Crippen molar-refractivity contribution in [2.75, 3.05) is 0 Å². The molecule has 0 radical (unpaired) electrons. The number of pyridine rings is 1. The van der Waals surface area contributed by atoms with E-state index in [0.717, 1.165) is 29.8 Å². The molecule has 0 spiro atoms. The number of aromatic nitrogens is 3. The van der Waals surface area contributed by atoms with Crippen LogP contribution < -0.4 is 0 Å². The van der Waals surface area contributed by atoms with Crippen LogP contribution in [-0.2, 0) is 0 Å². The minimum Gasteiger partial charge on any atom is -0.292 e. The fourth-order valence-electron chi connectivity index (χ4n) is 2.41. The van der Waals surface area contributed by atoms with E-state index in [1.165, 1.54) is 0 Å². The van der Waals surface area contributed by atoms with Crippen molar-refractivity contribution in [2.45, 2.75) is 26.2 Å². The zero-order valence-corrected chi connectivity index (χ0v) is 13.6. The number of Topliss-reactive ketones (excluding diaryl/α,β-unsaturated/α-hetero) is 1. The Kier molecular flexibility index (Phi) is 4.99. The van der Waals surface area contributed by atoms with Crippen molar-refractivity contribution in [3.63, 3.8) is 0 Å². The summed E-state index contributed by atoms with van der Waals surface area (Å²) in [6.45, 7) is 2.08. The van der Waals surface area contributed by atoms with E-state index in [2.05, 4.69) is 22.7 Å². The summed E-state index contributed by atoms with van der Waals surface area (Å²) in [7, 11) is 0. The molecule has 0 aromatic carbocycles. The van der Waals surface area contributed by atoms with Gasteiger partial charge in [0.05, 0.1) is 17.6 Å². The van der Waals surface area contributed by atoms with E-state index >= 15 is 0 Å². The minimum absolute atomic E-state index is 0.0942. The summed E-state index contributed by atoms with van der Waals surface area (Å²) in [6.07, 6.45) is 15.6. The van der Waals surface area contributed by atoms with Crippen LogP contribution in [-0.4, -0.2) is 20.5 Å². The lowest BCUT2D eigenvalue weighted by atomic mass is 10.1. The van der Waals surface area contributed by atoms with Gasteiger partial charge in [-0.25, -0.2) is 9.67 Å². The van der Waals surface area contributed by atoms with Crippen molar-refractivity contribution in [1.29, 1.82) is 0 Å². The molecule has 120 valence electrons. The van der Waals surface area contributed by atoms with Gasteiger partial charge in [-0.3, -0.25) is 4.79 Å². The van der Waals surface area contributed by atoms with Crippen molar-refractivity contribution >= 4 is 11.5 Å². The van der Waals surface area contributed by atoms with Gasteiger partial charge >= 0.3 is 0 Å². The summed E-state index contributed by atoms with van der Waals surface area (Å²) >= 11 is 0. The summed E-state index contributed by atoms with van der Waals surface area (Å²) in [5.74, 6) is 0.0942. The molecule has 1 aliphatic carbocycles. The van der Waals surface area contributed by atoms with Crippen molar-refractivity contribution in [3.8, 4) is 11.3 Å². The van der Waals surface area contributed by atoms with Crippen LogP contribution in [0.3, 0.4) is 0 Å². The Balaban J connectivity index is 1.84. The fraction of sp³-hybridized carbons (Fsp3) is 0.200. The third-order valence-electron chi connectivity index (χ3n) is 3.74. The van der Waals surface area contributed by atoms with Crippen molar-refractivity contribution in [2.24, 2.45) is 0 Å². The molecule has 0 unspecified atom stereocenters. The van der Waals surface area contributed by atoms with Crippen LogP contribution >= 0.6 is 0 Å². The van der Waals surface area contributed by atoms with Gasteiger partial charge in [0.25, 0.3) is 0 Å². The monoisotopic (exact) mass is 317 g/mol. The van der Waals surface area contributed by atoms with Crippen LogP contribution in [0, 0.1) is 0 Å². The molecule has 24 heavy (non-hydrogen) atoms. The molecular formula is C20H19N3O. The first-order chi connectivity index (χ1) is 11.8. The Hall–Kier alpha value is -2.97. The fourth-order valence-corrected chi connectivity index (χ4v) is 2.41. The van der Waals surface area contributed by atoms with Crippen molar-refractivity contribution < 1.29 is 4.79 Å². The normalized spacial score (nSPS) is 13.0. The molecule has 0 N–H and O–H groups in total. The van der Waals surface area contributed by atoms with Crippen LogP contribution in [0.4, 0.5) is 0 Å². The molecule has 0 saturated heterocycles. The Morgan fingerprint density at radius 1 is 1.29 bits per heavy atom. The largest absolute Gasteiger partial charge is 0.292 e. The van der Waals surface area contributed by atoms with Crippen LogP contribution in [0.1, 0.15) is 36.7 Å². The number of unbranched alkanes of at least 4 members (excludes halogenated alkanes) is 1. The smallest absolute Gasteiger partial charge is 0.181 e. The highest BCUT2D eigenvalue weighted by molar-refractivity contribution is 5.94. The topological polar surface area (TPSA) is 47.8 Å². The molecule has 0 amide bonds. The molecule has 0 aliphatic heterocycles. The Morgan fingerprint density at radius 2 is 2.21 bits per heavy atom. The molecule has 1 aliphatic rings. The van der Waals surface area contributed by atoms with Gasteiger partial charge in [-0.05, 0) is 42.9 Å². The van der Waals surface area contributed by atoms with Gasteiger partial charge in [0.2, 0.25) is 0 Å². The molecule has 4 nitrogen and oxygen atoms in total. The second-order valence-electron chi connectivity index (χ2n) is 5.56. The maximum absolute atomic E-state index is 12.2. The van der Waals surface area contributed by atoms with Gasteiger partial charge < -0.3 is 0 Å². The van der Waals surface area contributed by atoms with Gasteiger partial charge in [-0.15, -0.1) is 5.73 Å².